The smallest absolute Gasteiger partial charge is 0.407 e. The summed E-state index contributed by atoms with van der Waals surface area (Å²) in [6, 6.07) is 4.29. The maximum Gasteiger partial charge on any atom is 0.407 e. The molecule has 1 N–H and O–H groups in total. The van der Waals surface area contributed by atoms with Gasteiger partial charge in [-0.2, -0.15) is 0 Å². The molecule has 1 atom stereocenters. The minimum Gasteiger partial charge on any atom is -0.444 e. The lowest BCUT2D eigenvalue weighted by atomic mass is 10.2. The zero-order valence-electron chi connectivity index (χ0n) is 13.1. The number of hydrogen-bond acceptors (Lipinski definition) is 4. The number of hydrogen-bond donors (Lipinski definition) is 1. The summed E-state index contributed by atoms with van der Waals surface area (Å²) >= 11 is 0. The second-order valence-electron chi connectivity index (χ2n) is 6.54. The minimum atomic E-state index is -0.441. The van der Waals surface area contributed by atoms with Gasteiger partial charge < -0.3 is 15.0 Å². The number of nitrogens with one attached hydrogen (secondary N) is 1. The minimum absolute atomic E-state index is 0.192. The summed E-state index contributed by atoms with van der Waals surface area (Å²) in [7, 11) is 0. The molecule has 1 aromatic rings. The van der Waals surface area contributed by atoms with Crippen LogP contribution in [0, 0.1) is 0 Å². The number of rotatable bonds is 4. The Hall–Kier alpha value is -1.62. The number of nitrogens with zero attached hydrogens (tertiary/aromatic N) is 2. The molecule has 0 spiro atoms. The monoisotopic (exact) mass is 291 g/mol. The first-order chi connectivity index (χ1) is 9.92. The number of likely N-dealkylation sites (tertiary alicyclic amines) is 1. The summed E-state index contributed by atoms with van der Waals surface area (Å²) in [5.41, 5.74) is 0.859. The molecule has 1 aliphatic heterocycles. The second kappa shape index (κ2) is 6.89. The van der Waals surface area contributed by atoms with Gasteiger partial charge in [-0.1, -0.05) is 0 Å². The van der Waals surface area contributed by atoms with Gasteiger partial charge in [0.1, 0.15) is 5.60 Å². The molecule has 0 unspecified atom stereocenters. The van der Waals surface area contributed by atoms with Gasteiger partial charge in [0.2, 0.25) is 0 Å². The van der Waals surface area contributed by atoms with Crippen LogP contribution in [0.3, 0.4) is 0 Å². The fourth-order valence-corrected chi connectivity index (χ4v) is 2.46. The number of ether oxygens (including phenoxy) is 1. The van der Waals surface area contributed by atoms with Crippen LogP contribution >= 0.6 is 0 Å². The average molecular weight is 291 g/mol. The van der Waals surface area contributed by atoms with Crippen molar-refractivity contribution in [2.24, 2.45) is 0 Å². The number of carbonyl (C=O) groups excluding carboxylic acids is 1. The van der Waals surface area contributed by atoms with Crippen LogP contribution < -0.4 is 5.32 Å². The first-order valence-corrected chi connectivity index (χ1v) is 7.53. The summed E-state index contributed by atoms with van der Waals surface area (Å²) < 4.78 is 5.29. The molecular weight excluding hydrogens is 266 g/mol. The summed E-state index contributed by atoms with van der Waals surface area (Å²) in [5.74, 6) is 0. The van der Waals surface area contributed by atoms with Crippen LogP contribution in [-0.2, 0) is 11.2 Å². The summed E-state index contributed by atoms with van der Waals surface area (Å²) in [6.07, 6.45) is 5.33. The summed E-state index contributed by atoms with van der Waals surface area (Å²) in [5, 5.41) is 2.95. The van der Waals surface area contributed by atoms with Crippen LogP contribution in [0.25, 0.3) is 0 Å². The van der Waals surface area contributed by atoms with Crippen molar-refractivity contribution in [1.82, 2.24) is 15.2 Å². The van der Waals surface area contributed by atoms with E-state index in [1.54, 1.807) is 0 Å². The van der Waals surface area contributed by atoms with E-state index in [1.807, 2.05) is 45.3 Å². The average Bonchev–Trinajstić information content (AvgIpc) is 2.83. The van der Waals surface area contributed by atoms with Crippen molar-refractivity contribution in [2.75, 3.05) is 19.6 Å². The molecule has 5 nitrogen and oxygen atoms in total. The van der Waals surface area contributed by atoms with Crippen molar-refractivity contribution < 1.29 is 9.53 Å². The fourth-order valence-electron chi connectivity index (χ4n) is 2.46. The van der Waals surface area contributed by atoms with E-state index in [1.165, 1.54) is 5.56 Å². The molecule has 1 saturated heterocycles. The van der Waals surface area contributed by atoms with E-state index in [2.05, 4.69) is 15.2 Å². The molecule has 1 aromatic heterocycles. The van der Waals surface area contributed by atoms with Gasteiger partial charge in [-0.25, -0.2) is 4.79 Å². The molecule has 116 valence electrons. The second-order valence-corrected chi connectivity index (χ2v) is 6.54. The molecule has 0 aliphatic carbocycles. The molecule has 5 heteroatoms. The predicted molar refractivity (Wildman–Crippen MR) is 82.2 cm³/mol. The third kappa shape index (κ3) is 5.71. The van der Waals surface area contributed by atoms with Gasteiger partial charge >= 0.3 is 6.09 Å². The molecule has 0 aromatic carbocycles. The number of carbonyl (C=O) groups is 1. The van der Waals surface area contributed by atoms with Gasteiger partial charge in [0.25, 0.3) is 0 Å². The lowest BCUT2D eigenvalue weighted by Gasteiger charge is -2.22. The van der Waals surface area contributed by atoms with Crippen LogP contribution in [-0.4, -0.2) is 47.3 Å². The van der Waals surface area contributed by atoms with Gasteiger partial charge in [-0.05, 0) is 51.3 Å². The Morgan fingerprint density at radius 3 is 2.81 bits per heavy atom. The van der Waals surface area contributed by atoms with Crippen molar-refractivity contribution in [3.8, 4) is 0 Å². The molecule has 0 radical (unpaired) electrons. The molecule has 21 heavy (non-hydrogen) atoms. The predicted octanol–water partition coefficient (Wildman–Crippen LogP) is 2.22. The zero-order chi connectivity index (χ0) is 15.3. The van der Waals surface area contributed by atoms with Crippen molar-refractivity contribution >= 4 is 6.09 Å². The van der Waals surface area contributed by atoms with Crippen LogP contribution in [0.5, 0.6) is 0 Å². The van der Waals surface area contributed by atoms with Gasteiger partial charge in [0.05, 0.1) is 0 Å². The van der Waals surface area contributed by atoms with E-state index in [4.69, 9.17) is 4.74 Å². The SMILES string of the molecule is CC(C)(C)OC(=O)N[C@@H]1CCN(CCc2ccncc2)C1. The maximum absolute atomic E-state index is 11.7. The lowest BCUT2D eigenvalue weighted by Crippen LogP contribution is -2.40. The normalized spacial score (nSPS) is 19.5. The van der Waals surface area contributed by atoms with E-state index in [0.717, 1.165) is 32.5 Å². The van der Waals surface area contributed by atoms with E-state index in [-0.39, 0.29) is 12.1 Å². The first-order valence-electron chi connectivity index (χ1n) is 7.53. The highest BCUT2D eigenvalue weighted by atomic mass is 16.6. The number of amides is 1. The lowest BCUT2D eigenvalue weighted by molar-refractivity contribution is 0.0506. The molecule has 0 saturated carbocycles. The molecule has 2 rings (SSSR count). The molecular formula is C16H25N3O2. The van der Waals surface area contributed by atoms with Crippen LogP contribution in [0.15, 0.2) is 24.5 Å². The standard InChI is InChI=1S/C16H25N3O2/c1-16(2,3)21-15(20)18-14-7-11-19(12-14)10-6-13-4-8-17-9-5-13/h4-5,8-9,14H,6-7,10-12H2,1-3H3,(H,18,20)/t14-/m1/s1. The Labute approximate surface area is 126 Å². The van der Waals surface area contributed by atoms with Crippen LogP contribution in [0.1, 0.15) is 32.8 Å². The van der Waals surface area contributed by atoms with E-state index in [0.29, 0.717) is 0 Å². The van der Waals surface area contributed by atoms with Crippen LogP contribution in [0.4, 0.5) is 4.79 Å². The molecule has 1 aliphatic rings. The number of alkyl carbamates (subject to hydrolysis) is 1. The van der Waals surface area contributed by atoms with Gasteiger partial charge in [0.15, 0.2) is 0 Å². The highest BCUT2D eigenvalue weighted by Crippen LogP contribution is 2.12. The summed E-state index contributed by atoms with van der Waals surface area (Å²) in [6.45, 7) is 8.55. The Balaban J connectivity index is 1.70. The summed E-state index contributed by atoms with van der Waals surface area (Å²) in [4.78, 5) is 18.1. The Kier molecular flexibility index (Phi) is 5.17. The molecule has 0 bridgehead atoms. The third-order valence-corrected chi connectivity index (χ3v) is 3.46. The molecule has 2 heterocycles. The quantitative estimate of drug-likeness (QED) is 0.924. The largest absolute Gasteiger partial charge is 0.444 e. The van der Waals surface area contributed by atoms with E-state index >= 15 is 0 Å². The van der Waals surface area contributed by atoms with Gasteiger partial charge in [0, 0.05) is 38.1 Å². The van der Waals surface area contributed by atoms with Crippen molar-refractivity contribution in [2.45, 2.75) is 45.3 Å². The van der Waals surface area contributed by atoms with Crippen molar-refractivity contribution in [3.63, 3.8) is 0 Å². The number of pyridine rings is 1. The fraction of sp³-hybridized carbons (Fsp3) is 0.625. The van der Waals surface area contributed by atoms with Gasteiger partial charge in [-0.15, -0.1) is 0 Å². The topological polar surface area (TPSA) is 54.5 Å². The Morgan fingerprint density at radius 1 is 1.43 bits per heavy atom. The first kappa shape index (κ1) is 15.8. The highest BCUT2D eigenvalue weighted by molar-refractivity contribution is 5.68. The van der Waals surface area contributed by atoms with Crippen LogP contribution in [0.2, 0.25) is 0 Å². The molecule has 1 fully saturated rings. The highest BCUT2D eigenvalue weighted by Gasteiger charge is 2.25. The van der Waals surface area contributed by atoms with E-state index < -0.39 is 5.60 Å². The number of aromatic nitrogens is 1. The van der Waals surface area contributed by atoms with Crippen molar-refractivity contribution in [3.05, 3.63) is 30.1 Å². The molecule has 1 amide bonds. The van der Waals surface area contributed by atoms with Crippen molar-refractivity contribution in [1.29, 1.82) is 0 Å². The maximum atomic E-state index is 11.7. The van der Waals surface area contributed by atoms with Gasteiger partial charge in [-0.3, -0.25) is 4.98 Å². The Morgan fingerprint density at radius 2 is 2.14 bits per heavy atom. The Bertz CT molecular complexity index is 456. The van der Waals surface area contributed by atoms with E-state index in [9.17, 15) is 4.79 Å². The zero-order valence-corrected chi connectivity index (χ0v) is 13.1. The third-order valence-electron chi connectivity index (χ3n) is 3.46.